The number of thioether (sulfide) groups is 1. The van der Waals surface area contributed by atoms with Gasteiger partial charge in [-0.3, -0.25) is 14.6 Å². The zero-order valence-corrected chi connectivity index (χ0v) is 14.7. The summed E-state index contributed by atoms with van der Waals surface area (Å²) < 4.78 is 5.11. The molecule has 1 aromatic rings. The highest BCUT2D eigenvalue weighted by molar-refractivity contribution is 7.99. The molecule has 1 saturated heterocycles. The molecule has 1 aliphatic rings. The van der Waals surface area contributed by atoms with Crippen molar-refractivity contribution >= 4 is 17.7 Å². The molecular formula is C17H26N2O3S. The van der Waals surface area contributed by atoms with E-state index in [4.69, 9.17) is 4.74 Å². The van der Waals surface area contributed by atoms with Gasteiger partial charge < -0.3 is 9.84 Å². The van der Waals surface area contributed by atoms with Crippen molar-refractivity contribution in [2.24, 2.45) is 0 Å². The maximum atomic E-state index is 11.8. The van der Waals surface area contributed by atoms with Gasteiger partial charge in [-0.25, -0.2) is 0 Å². The SMILES string of the molecule is CCSc1cccc([C@H](C(=O)O)N2CCN(CCOC)CC2)c1. The van der Waals surface area contributed by atoms with Gasteiger partial charge in [0.2, 0.25) is 0 Å². The first-order chi connectivity index (χ1) is 11.2. The van der Waals surface area contributed by atoms with Crippen LogP contribution in [-0.2, 0) is 9.53 Å². The fraction of sp³-hybridized carbons (Fsp3) is 0.588. The summed E-state index contributed by atoms with van der Waals surface area (Å²) in [6.07, 6.45) is 0. The lowest BCUT2D eigenvalue weighted by Crippen LogP contribution is -2.49. The van der Waals surface area contributed by atoms with Gasteiger partial charge in [0, 0.05) is 44.7 Å². The molecule has 0 amide bonds. The van der Waals surface area contributed by atoms with Crippen LogP contribution in [0.1, 0.15) is 18.5 Å². The number of rotatable bonds is 8. The summed E-state index contributed by atoms with van der Waals surface area (Å²) in [6.45, 7) is 7.04. The first kappa shape index (κ1) is 18.3. The molecule has 128 valence electrons. The van der Waals surface area contributed by atoms with Crippen LogP contribution in [0.2, 0.25) is 0 Å². The lowest BCUT2D eigenvalue weighted by molar-refractivity contribution is -0.144. The number of hydrogen-bond acceptors (Lipinski definition) is 5. The van der Waals surface area contributed by atoms with Crippen LogP contribution in [0, 0.1) is 0 Å². The molecule has 0 unspecified atom stereocenters. The number of nitrogens with zero attached hydrogens (tertiary/aromatic N) is 2. The normalized spacial score (nSPS) is 18.0. The van der Waals surface area contributed by atoms with Crippen molar-refractivity contribution in [1.29, 1.82) is 0 Å². The average molecular weight is 338 g/mol. The zero-order valence-electron chi connectivity index (χ0n) is 13.9. The summed E-state index contributed by atoms with van der Waals surface area (Å²) in [4.78, 5) is 17.4. The summed E-state index contributed by atoms with van der Waals surface area (Å²) in [5.41, 5.74) is 0.876. The van der Waals surface area contributed by atoms with Crippen LogP contribution in [0.5, 0.6) is 0 Å². The third-order valence-corrected chi connectivity index (χ3v) is 4.98. The van der Waals surface area contributed by atoms with Crippen LogP contribution in [0.3, 0.4) is 0 Å². The van der Waals surface area contributed by atoms with Crippen molar-refractivity contribution in [2.45, 2.75) is 17.9 Å². The molecule has 0 spiro atoms. The number of carboxylic acids is 1. The van der Waals surface area contributed by atoms with E-state index in [-0.39, 0.29) is 0 Å². The Bertz CT molecular complexity index is 504. The number of carbonyl (C=O) groups is 1. The Morgan fingerprint density at radius 2 is 2.09 bits per heavy atom. The second-order valence-corrected chi connectivity index (χ2v) is 6.95. The van der Waals surface area contributed by atoms with E-state index in [2.05, 4.69) is 16.7 Å². The Morgan fingerprint density at radius 1 is 1.35 bits per heavy atom. The molecule has 0 saturated carbocycles. The third-order valence-electron chi connectivity index (χ3n) is 4.10. The maximum Gasteiger partial charge on any atom is 0.325 e. The molecule has 0 bridgehead atoms. The number of methoxy groups -OCH3 is 1. The Hall–Kier alpha value is -1.08. The van der Waals surface area contributed by atoms with Gasteiger partial charge >= 0.3 is 5.97 Å². The molecule has 6 heteroatoms. The highest BCUT2D eigenvalue weighted by atomic mass is 32.2. The van der Waals surface area contributed by atoms with Crippen molar-refractivity contribution in [2.75, 3.05) is 52.2 Å². The van der Waals surface area contributed by atoms with E-state index >= 15 is 0 Å². The molecule has 0 radical (unpaired) electrons. The van der Waals surface area contributed by atoms with Gasteiger partial charge in [-0.2, -0.15) is 0 Å². The quantitative estimate of drug-likeness (QED) is 0.733. The molecule has 23 heavy (non-hydrogen) atoms. The lowest BCUT2D eigenvalue weighted by Gasteiger charge is -2.37. The number of ether oxygens (including phenoxy) is 1. The summed E-state index contributed by atoms with van der Waals surface area (Å²) in [7, 11) is 1.71. The lowest BCUT2D eigenvalue weighted by atomic mass is 10.0. The molecule has 1 aliphatic heterocycles. The van der Waals surface area contributed by atoms with Crippen molar-refractivity contribution in [3.05, 3.63) is 29.8 Å². The van der Waals surface area contributed by atoms with Gasteiger partial charge in [0.05, 0.1) is 6.61 Å². The predicted octanol–water partition coefficient (Wildman–Crippen LogP) is 2.19. The Kier molecular flexibility index (Phi) is 7.36. The van der Waals surface area contributed by atoms with Gasteiger partial charge in [-0.05, 0) is 23.4 Å². The number of carboxylic acid groups (broad SMARTS) is 1. The van der Waals surface area contributed by atoms with Gasteiger partial charge in [0.1, 0.15) is 6.04 Å². The minimum absolute atomic E-state index is 0.558. The summed E-state index contributed by atoms with van der Waals surface area (Å²) in [5, 5.41) is 9.72. The van der Waals surface area contributed by atoms with Crippen molar-refractivity contribution in [3.63, 3.8) is 0 Å². The van der Waals surface area contributed by atoms with Gasteiger partial charge in [-0.15, -0.1) is 11.8 Å². The third kappa shape index (κ3) is 5.21. The van der Waals surface area contributed by atoms with Gasteiger partial charge in [0.15, 0.2) is 0 Å². The van der Waals surface area contributed by atoms with E-state index in [1.54, 1.807) is 18.9 Å². The second kappa shape index (κ2) is 9.27. The Balaban J connectivity index is 2.05. The minimum atomic E-state index is -0.769. The van der Waals surface area contributed by atoms with Crippen molar-refractivity contribution in [1.82, 2.24) is 9.80 Å². The van der Waals surface area contributed by atoms with E-state index in [0.717, 1.165) is 55.5 Å². The molecule has 0 aliphatic carbocycles. The molecule has 1 aromatic carbocycles. The number of benzene rings is 1. The molecule has 1 atom stereocenters. The van der Waals surface area contributed by atoms with Gasteiger partial charge in [0.25, 0.3) is 0 Å². The first-order valence-corrected chi connectivity index (χ1v) is 9.05. The van der Waals surface area contributed by atoms with E-state index in [0.29, 0.717) is 0 Å². The Morgan fingerprint density at radius 3 is 2.70 bits per heavy atom. The van der Waals surface area contributed by atoms with Crippen LogP contribution < -0.4 is 0 Å². The smallest absolute Gasteiger partial charge is 0.325 e. The fourth-order valence-corrected chi connectivity index (χ4v) is 3.64. The van der Waals surface area contributed by atoms with E-state index in [9.17, 15) is 9.90 Å². The number of aliphatic carboxylic acids is 1. The van der Waals surface area contributed by atoms with Crippen molar-refractivity contribution < 1.29 is 14.6 Å². The molecule has 1 N–H and O–H groups in total. The summed E-state index contributed by atoms with van der Waals surface area (Å²) in [6, 6.07) is 7.38. The largest absolute Gasteiger partial charge is 0.480 e. The Labute approximate surface area is 142 Å². The minimum Gasteiger partial charge on any atom is -0.480 e. The second-order valence-electron chi connectivity index (χ2n) is 5.62. The average Bonchev–Trinajstić information content (AvgIpc) is 2.55. The highest BCUT2D eigenvalue weighted by Crippen LogP contribution is 2.27. The van der Waals surface area contributed by atoms with E-state index in [1.165, 1.54) is 0 Å². The van der Waals surface area contributed by atoms with Crippen LogP contribution in [-0.4, -0.2) is 73.1 Å². The summed E-state index contributed by atoms with van der Waals surface area (Å²) >= 11 is 1.74. The number of hydrogen-bond donors (Lipinski definition) is 1. The molecular weight excluding hydrogens is 312 g/mol. The predicted molar refractivity (Wildman–Crippen MR) is 93.1 cm³/mol. The molecule has 1 heterocycles. The standard InChI is InChI=1S/C17H26N2O3S/c1-3-23-15-6-4-5-14(13-15)16(17(20)21)19-9-7-18(8-10-19)11-12-22-2/h4-6,13,16H,3,7-12H2,1-2H3,(H,20,21)/t16-/m1/s1. The molecule has 0 aromatic heterocycles. The van der Waals surface area contributed by atoms with E-state index in [1.807, 2.05) is 24.3 Å². The van der Waals surface area contributed by atoms with Crippen LogP contribution in [0.4, 0.5) is 0 Å². The van der Waals surface area contributed by atoms with Crippen LogP contribution in [0.25, 0.3) is 0 Å². The highest BCUT2D eigenvalue weighted by Gasteiger charge is 2.30. The fourth-order valence-electron chi connectivity index (χ4n) is 2.92. The zero-order chi connectivity index (χ0) is 16.7. The van der Waals surface area contributed by atoms with Crippen LogP contribution >= 0.6 is 11.8 Å². The van der Waals surface area contributed by atoms with Crippen molar-refractivity contribution in [3.8, 4) is 0 Å². The number of piperazine rings is 1. The molecule has 2 rings (SSSR count). The molecule has 5 nitrogen and oxygen atoms in total. The monoisotopic (exact) mass is 338 g/mol. The topological polar surface area (TPSA) is 53.0 Å². The maximum absolute atomic E-state index is 11.8. The van der Waals surface area contributed by atoms with Crippen LogP contribution in [0.15, 0.2) is 29.2 Å². The van der Waals surface area contributed by atoms with E-state index < -0.39 is 12.0 Å². The van der Waals surface area contributed by atoms with Gasteiger partial charge in [-0.1, -0.05) is 19.1 Å². The molecule has 1 fully saturated rings. The first-order valence-electron chi connectivity index (χ1n) is 8.06. The summed E-state index contributed by atoms with van der Waals surface area (Å²) in [5.74, 6) is 0.216.